The van der Waals surface area contributed by atoms with E-state index in [9.17, 15) is 17.6 Å². The predicted molar refractivity (Wildman–Crippen MR) is 60.9 cm³/mol. The van der Waals surface area contributed by atoms with Gasteiger partial charge in [-0.2, -0.15) is 13.2 Å². The van der Waals surface area contributed by atoms with Gasteiger partial charge in [0, 0.05) is 25.7 Å². The molecule has 0 radical (unpaired) electrons. The van der Waals surface area contributed by atoms with Crippen LogP contribution >= 0.6 is 0 Å². The largest absolute Gasteiger partial charge is 0.390 e. The van der Waals surface area contributed by atoms with Crippen molar-refractivity contribution in [2.45, 2.75) is 19.1 Å². The quantitative estimate of drug-likeness (QED) is 0.828. The average molecular weight is 265 g/mol. The molecule has 18 heavy (non-hydrogen) atoms. The molecule has 0 atom stereocenters. The number of anilines is 1. The average Bonchev–Trinajstić information content (AvgIpc) is 2.25. The number of hydrogen-bond donors (Lipinski definition) is 1. The Hall–Kier alpha value is -1.37. The molecule has 0 aliphatic rings. The Morgan fingerprint density at radius 3 is 2.61 bits per heavy atom. The van der Waals surface area contributed by atoms with Crippen molar-refractivity contribution < 1.29 is 17.6 Å². The highest BCUT2D eigenvalue weighted by Gasteiger charge is 2.27. The number of halogens is 4. The Bertz CT molecular complexity index is 392. The van der Waals surface area contributed by atoms with Crippen molar-refractivity contribution in [2.24, 2.45) is 0 Å². The molecule has 0 fully saturated rings. The molecule has 1 rings (SSSR count). The second-order valence-electron chi connectivity index (χ2n) is 3.95. The molecule has 7 heteroatoms. The molecule has 0 unspecified atom stereocenters. The highest BCUT2D eigenvalue weighted by molar-refractivity contribution is 5.46. The first-order valence-electron chi connectivity index (χ1n) is 5.40. The van der Waals surface area contributed by atoms with Gasteiger partial charge in [0.05, 0.1) is 12.6 Å². The van der Waals surface area contributed by atoms with Gasteiger partial charge in [0.15, 0.2) is 0 Å². The fourth-order valence-electron chi connectivity index (χ4n) is 1.54. The van der Waals surface area contributed by atoms with Gasteiger partial charge in [-0.15, -0.1) is 0 Å². The zero-order valence-electron chi connectivity index (χ0n) is 10.2. The zero-order chi connectivity index (χ0) is 13.8. The number of nitrogens with zero attached hydrogens (tertiary/aromatic N) is 2. The Morgan fingerprint density at radius 2 is 2.06 bits per heavy atom. The zero-order valence-corrected chi connectivity index (χ0v) is 10.2. The van der Waals surface area contributed by atoms with Crippen LogP contribution in [0.2, 0.25) is 0 Å². The second kappa shape index (κ2) is 5.99. The molecule has 0 aromatic carbocycles. The van der Waals surface area contributed by atoms with Crippen molar-refractivity contribution in [2.75, 3.05) is 25.5 Å². The highest BCUT2D eigenvalue weighted by Crippen LogP contribution is 2.22. The molecular formula is C11H15F4N3. The fraction of sp³-hybridized carbons (Fsp3) is 0.545. The summed E-state index contributed by atoms with van der Waals surface area (Å²) in [5, 5.41) is 2.82. The molecule has 102 valence electrons. The monoisotopic (exact) mass is 265 g/mol. The Morgan fingerprint density at radius 1 is 1.39 bits per heavy atom. The van der Waals surface area contributed by atoms with Gasteiger partial charge in [-0.25, -0.2) is 9.37 Å². The van der Waals surface area contributed by atoms with Crippen molar-refractivity contribution in [1.82, 2.24) is 10.3 Å². The van der Waals surface area contributed by atoms with Gasteiger partial charge in [-0.05, 0) is 13.1 Å². The first kappa shape index (κ1) is 14.7. The molecule has 3 nitrogen and oxygen atoms in total. The first-order chi connectivity index (χ1) is 8.33. The van der Waals surface area contributed by atoms with Crippen LogP contribution in [0.3, 0.4) is 0 Å². The van der Waals surface area contributed by atoms with Crippen molar-refractivity contribution in [3.8, 4) is 0 Å². The summed E-state index contributed by atoms with van der Waals surface area (Å²) in [6, 6.07) is 1.27. The molecule has 0 spiro atoms. The van der Waals surface area contributed by atoms with E-state index in [0.717, 1.165) is 6.20 Å². The molecule has 0 aliphatic heterocycles. The van der Waals surface area contributed by atoms with Crippen LogP contribution < -0.4 is 10.2 Å². The number of alkyl halides is 3. The van der Waals surface area contributed by atoms with E-state index in [2.05, 4.69) is 10.3 Å². The molecule has 0 bridgehead atoms. The van der Waals surface area contributed by atoms with Gasteiger partial charge in [0.2, 0.25) is 0 Å². The smallest absolute Gasteiger partial charge is 0.359 e. The number of nitrogens with one attached hydrogen (secondary N) is 1. The molecule has 0 amide bonds. The predicted octanol–water partition coefficient (Wildman–Crippen LogP) is 2.33. The molecule has 0 aliphatic carbocycles. The van der Waals surface area contributed by atoms with Crippen molar-refractivity contribution in [1.29, 1.82) is 0 Å². The van der Waals surface area contributed by atoms with Crippen LogP contribution in [0.1, 0.15) is 12.0 Å². The van der Waals surface area contributed by atoms with Crippen molar-refractivity contribution >= 4 is 5.82 Å². The third kappa shape index (κ3) is 4.48. The maximum absolute atomic E-state index is 13.0. The molecule has 1 N–H and O–H groups in total. The van der Waals surface area contributed by atoms with E-state index < -0.39 is 18.4 Å². The number of hydrogen-bond acceptors (Lipinski definition) is 3. The topological polar surface area (TPSA) is 28.2 Å². The molecular weight excluding hydrogens is 250 g/mol. The summed E-state index contributed by atoms with van der Waals surface area (Å²) in [6.45, 7) is 0.134. The van der Waals surface area contributed by atoms with Crippen molar-refractivity contribution in [3.05, 3.63) is 23.6 Å². The third-order valence-corrected chi connectivity index (χ3v) is 2.37. The Kier molecular flexibility index (Phi) is 4.89. The maximum atomic E-state index is 13.0. The van der Waals surface area contributed by atoms with Gasteiger partial charge in [0.25, 0.3) is 0 Å². The van der Waals surface area contributed by atoms with Crippen molar-refractivity contribution in [3.63, 3.8) is 0 Å². The summed E-state index contributed by atoms with van der Waals surface area (Å²) in [5.41, 5.74) is 0.530. The van der Waals surface area contributed by atoms with Gasteiger partial charge in [-0.1, -0.05) is 0 Å². The minimum atomic E-state index is -4.21. The second-order valence-corrected chi connectivity index (χ2v) is 3.95. The first-order valence-corrected chi connectivity index (χ1v) is 5.40. The summed E-state index contributed by atoms with van der Waals surface area (Å²) < 4.78 is 49.4. The lowest BCUT2D eigenvalue weighted by Crippen LogP contribution is -2.26. The number of aromatic nitrogens is 1. The molecule has 1 heterocycles. The van der Waals surface area contributed by atoms with E-state index in [1.807, 2.05) is 0 Å². The van der Waals surface area contributed by atoms with Crippen LogP contribution in [-0.4, -0.2) is 31.8 Å². The van der Waals surface area contributed by atoms with E-state index in [1.54, 1.807) is 7.05 Å². The molecule has 0 saturated heterocycles. The standard InChI is InChI=1S/C11H15F4N3/c1-16-6-8-5-9(12)7-17-10(8)18(2)4-3-11(13,14)15/h5,7,16H,3-4,6H2,1-2H3. The fourth-order valence-corrected chi connectivity index (χ4v) is 1.54. The lowest BCUT2D eigenvalue weighted by atomic mass is 10.2. The summed E-state index contributed by atoms with van der Waals surface area (Å²) in [6.07, 6.45) is -4.14. The normalized spacial score (nSPS) is 11.7. The van der Waals surface area contributed by atoms with Crippen LogP contribution in [0.15, 0.2) is 12.3 Å². The van der Waals surface area contributed by atoms with E-state index in [-0.39, 0.29) is 6.54 Å². The van der Waals surface area contributed by atoms with Gasteiger partial charge in [0.1, 0.15) is 11.6 Å². The van der Waals surface area contributed by atoms with E-state index in [4.69, 9.17) is 0 Å². The SMILES string of the molecule is CNCc1cc(F)cnc1N(C)CCC(F)(F)F. The van der Waals surface area contributed by atoms with E-state index in [0.29, 0.717) is 17.9 Å². The number of pyridine rings is 1. The summed E-state index contributed by atoms with van der Waals surface area (Å²) in [7, 11) is 3.18. The van der Waals surface area contributed by atoms with E-state index in [1.165, 1.54) is 18.0 Å². The minimum absolute atomic E-state index is 0.209. The number of rotatable bonds is 5. The van der Waals surface area contributed by atoms with Crippen LogP contribution in [0.4, 0.5) is 23.4 Å². The minimum Gasteiger partial charge on any atom is -0.359 e. The molecule has 1 aromatic rings. The molecule has 1 aromatic heterocycles. The lowest BCUT2D eigenvalue weighted by molar-refractivity contribution is -0.132. The van der Waals surface area contributed by atoms with Crippen LogP contribution in [-0.2, 0) is 6.54 Å². The highest BCUT2D eigenvalue weighted by atomic mass is 19.4. The van der Waals surface area contributed by atoms with Gasteiger partial charge < -0.3 is 10.2 Å². The Balaban J connectivity index is 2.80. The van der Waals surface area contributed by atoms with Crippen LogP contribution in [0.5, 0.6) is 0 Å². The summed E-state index contributed by atoms with van der Waals surface area (Å²) in [4.78, 5) is 5.22. The van der Waals surface area contributed by atoms with E-state index >= 15 is 0 Å². The van der Waals surface area contributed by atoms with Crippen LogP contribution in [0.25, 0.3) is 0 Å². The summed E-state index contributed by atoms with van der Waals surface area (Å²) in [5.74, 6) is -0.150. The Labute approximate surface area is 103 Å². The van der Waals surface area contributed by atoms with Crippen LogP contribution in [0, 0.1) is 5.82 Å². The third-order valence-electron chi connectivity index (χ3n) is 2.37. The lowest BCUT2D eigenvalue weighted by Gasteiger charge is -2.21. The van der Waals surface area contributed by atoms with Gasteiger partial charge >= 0.3 is 6.18 Å². The summed E-state index contributed by atoms with van der Waals surface area (Å²) >= 11 is 0. The van der Waals surface area contributed by atoms with Gasteiger partial charge in [-0.3, -0.25) is 0 Å². The molecule has 0 saturated carbocycles. The maximum Gasteiger partial charge on any atom is 0.390 e.